The maximum atomic E-state index is 5.62. The van der Waals surface area contributed by atoms with Gasteiger partial charge in [0.1, 0.15) is 5.82 Å². The van der Waals surface area contributed by atoms with Gasteiger partial charge >= 0.3 is 0 Å². The molecule has 0 aliphatic heterocycles. The Bertz CT molecular complexity index is 424. The first kappa shape index (κ1) is 18.4. The molecule has 1 heterocycles. The highest BCUT2D eigenvalue weighted by Gasteiger charge is 2.10. The van der Waals surface area contributed by atoms with Crippen LogP contribution in [0.5, 0.6) is 0 Å². The van der Waals surface area contributed by atoms with Crippen molar-refractivity contribution >= 4 is 21.7 Å². The summed E-state index contributed by atoms with van der Waals surface area (Å²) in [5.74, 6) is 1.66. The standard InChI is InChI=1S/C16H28BrN3O/c1-12(2)9-18-10-14-8-15(17)11-19-16(14)20(5)6-7-21-13(3)4/h8,11-13,18H,6-7,9-10H2,1-5H3. The van der Waals surface area contributed by atoms with Gasteiger partial charge in [-0.25, -0.2) is 4.98 Å². The molecule has 5 heteroatoms. The molecule has 0 amide bonds. The van der Waals surface area contributed by atoms with E-state index in [4.69, 9.17) is 4.74 Å². The lowest BCUT2D eigenvalue weighted by atomic mass is 10.2. The van der Waals surface area contributed by atoms with E-state index < -0.39 is 0 Å². The van der Waals surface area contributed by atoms with E-state index in [-0.39, 0.29) is 6.10 Å². The molecule has 0 bridgehead atoms. The molecule has 0 fully saturated rings. The van der Waals surface area contributed by atoms with E-state index in [2.05, 4.69) is 71.9 Å². The molecule has 21 heavy (non-hydrogen) atoms. The zero-order valence-corrected chi connectivity index (χ0v) is 15.4. The number of nitrogens with zero attached hydrogens (tertiary/aromatic N) is 2. The predicted octanol–water partition coefficient (Wildman–Crippen LogP) is 3.45. The van der Waals surface area contributed by atoms with Gasteiger partial charge < -0.3 is 15.0 Å². The van der Waals surface area contributed by atoms with E-state index in [1.807, 2.05) is 6.20 Å². The van der Waals surface area contributed by atoms with Crippen LogP contribution in [-0.2, 0) is 11.3 Å². The Hall–Kier alpha value is -0.650. The zero-order valence-electron chi connectivity index (χ0n) is 13.8. The monoisotopic (exact) mass is 357 g/mol. The van der Waals surface area contributed by atoms with Crippen molar-refractivity contribution in [3.63, 3.8) is 0 Å². The Kier molecular flexibility index (Phi) is 8.22. The van der Waals surface area contributed by atoms with Crippen molar-refractivity contribution in [1.82, 2.24) is 10.3 Å². The van der Waals surface area contributed by atoms with Crippen molar-refractivity contribution in [3.05, 3.63) is 22.3 Å². The first-order valence-corrected chi connectivity index (χ1v) is 8.37. The van der Waals surface area contributed by atoms with Crippen LogP contribution in [0.1, 0.15) is 33.3 Å². The average Bonchev–Trinajstić information content (AvgIpc) is 2.37. The van der Waals surface area contributed by atoms with Gasteiger partial charge in [0.05, 0.1) is 12.7 Å². The van der Waals surface area contributed by atoms with Crippen LogP contribution in [0.15, 0.2) is 16.7 Å². The second-order valence-electron chi connectivity index (χ2n) is 6.00. The van der Waals surface area contributed by atoms with Gasteiger partial charge in [-0.15, -0.1) is 0 Å². The summed E-state index contributed by atoms with van der Waals surface area (Å²) in [5, 5.41) is 3.48. The Morgan fingerprint density at radius 3 is 2.67 bits per heavy atom. The summed E-state index contributed by atoms with van der Waals surface area (Å²) in [4.78, 5) is 6.71. The number of likely N-dealkylation sites (N-methyl/N-ethyl adjacent to an activating group) is 1. The fourth-order valence-corrected chi connectivity index (χ4v) is 2.35. The quantitative estimate of drug-likeness (QED) is 0.734. The molecule has 1 aromatic rings. The summed E-state index contributed by atoms with van der Waals surface area (Å²) in [6.07, 6.45) is 2.12. The maximum absolute atomic E-state index is 5.62. The summed E-state index contributed by atoms with van der Waals surface area (Å²) in [6.45, 7) is 11.9. The number of hydrogen-bond acceptors (Lipinski definition) is 4. The molecule has 0 aliphatic carbocycles. The normalized spacial score (nSPS) is 11.4. The van der Waals surface area contributed by atoms with Gasteiger partial charge in [0.2, 0.25) is 0 Å². The maximum Gasteiger partial charge on any atom is 0.132 e. The van der Waals surface area contributed by atoms with Gasteiger partial charge in [0.25, 0.3) is 0 Å². The van der Waals surface area contributed by atoms with Crippen LogP contribution in [0.4, 0.5) is 5.82 Å². The SMILES string of the molecule is CC(C)CNCc1cc(Br)cnc1N(C)CCOC(C)C. The Morgan fingerprint density at radius 1 is 1.33 bits per heavy atom. The van der Waals surface area contributed by atoms with Crippen LogP contribution in [0, 0.1) is 5.92 Å². The second kappa shape index (κ2) is 9.38. The molecule has 1 aromatic heterocycles. The van der Waals surface area contributed by atoms with Crippen molar-refractivity contribution in [2.75, 3.05) is 31.6 Å². The molecule has 0 saturated heterocycles. The second-order valence-corrected chi connectivity index (χ2v) is 6.92. The molecule has 0 unspecified atom stereocenters. The molecule has 4 nitrogen and oxygen atoms in total. The molecular weight excluding hydrogens is 330 g/mol. The Morgan fingerprint density at radius 2 is 2.05 bits per heavy atom. The Labute approximate surface area is 137 Å². The number of hydrogen-bond donors (Lipinski definition) is 1. The van der Waals surface area contributed by atoms with E-state index in [1.54, 1.807) is 0 Å². The van der Waals surface area contributed by atoms with Crippen LogP contribution in [-0.4, -0.2) is 37.8 Å². The van der Waals surface area contributed by atoms with E-state index in [9.17, 15) is 0 Å². The van der Waals surface area contributed by atoms with Crippen molar-refractivity contribution in [2.45, 2.75) is 40.3 Å². The third kappa shape index (κ3) is 7.25. The van der Waals surface area contributed by atoms with E-state index in [1.165, 1.54) is 5.56 Å². The minimum atomic E-state index is 0.267. The lowest BCUT2D eigenvalue weighted by Gasteiger charge is -2.22. The smallest absolute Gasteiger partial charge is 0.132 e. The highest BCUT2D eigenvalue weighted by Crippen LogP contribution is 2.20. The first-order valence-electron chi connectivity index (χ1n) is 7.58. The molecule has 120 valence electrons. The molecule has 0 saturated carbocycles. The zero-order chi connectivity index (χ0) is 15.8. The van der Waals surface area contributed by atoms with Crippen LogP contribution >= 0.6 is 15.9 Å². The molecular formula is C16H28BrN3O. The molecule has 0 aromatic carbocycles. The van der Waals surface area contributed by atoms with Gasteiger partial charge in [-0.1, -0.05) is 13.8 Å². The van der Waals surface area contributed by atoms with E-state index >= 15 is 0 Å². The third-order valence-corrected chi connectivity index (χ3v) is 3.45. The fourth-order valence-electron chi connectivity index (χ4n) is 1.97. The summed E-state index contributed by atoms with van der Waals surface area (Å²) in [7, 11) is 2.06. The molecule has 1 N–H and O–H groups in total. The fraction of sp³-hybridized carbons (Fsp3) is 0.688. The summed E-state index contributed by atoms with van der Waals surface area (Å²) >= 11 is 3.50. The lowest BCUT2D eigenvalue weighted by Crippen LogP contribution is -2.27. The largest absolute Gasteiger partial charge is 0.377 e. The molecule has 0 atom stereocenters. The number of halogens is 1. The number of ether oxygens (including phenoxy) is 1. The number of rotatable bonds is 9. The van der Waals surface area contributed by atoms with Crippen molar-refractivity contribution in [3.8, 4) is 0 Å². The predicted molar refractivity (Wildman–Crippen MR) is 92.8 cm³/mol. The lowest BCUT2D eigenvalue weighted by molar-refractivity contribution is 0.0845. The average molecular weight is 358 g/mol. The van der Waals surface area contributed by atoms with Gasteiger partial charge in [-0.05, 0) is 48.3 Å². The number of nitrogens with one attached hydrogen (secondary N) is 1. The number of anilines is 1. The molecule has 0 radical (unpaired) electrons. The number of pyridine rings is 1. The van der Waals surface area contributed by atoms with Gasteiger partial charge in [0, 0.05) is 36.4 Å². The van der Waals surface area contributed by atoms with Crippen molar-refractivity contribution in [2.24, 2.45) is 5.92 Å². The van der Waals surface area contributed by atoms with Gasteiger partial charge in [-0.3, -0.25) is 0 Å². The molecule has 0 aliphatic rings. The van der Waals surface area contributed by atoms with E-state index in [0.717, 1.165) is 29.9 Å². The molecule has 1 rings (SSSR count). The van der Waals surface area contributed by atoms with Crippen LogP contribution in [0.25, 0.3) is 0 Å². The summed E-state index contributed by atoms with van der Waals surface area (Å²) in [6, 6.07) is 2.13. The third-order valence-electron chi connectivity index (χ3n) is 3.02. The molecule has 0 spiro atoms. The van der Waals surface area contributed by atoms with Crippen LogP contribution in [0.3, 0.4) is 0 Å². The van der Waals surface area contributed by atoms with Gasteiger partial charge in [0.15, 0.2) is 0 Å². The van der Waals surface area contributed by atoms with E-state index in [0.29, 0.717) is 12.5 Å². The van der Waals surface area contributed by atoms with Crippen LogP contribution in [0.2, 0.25) is 0 Å². The first-order chi connectivity index (χ1) is 9.90. The van der Waals surface area contributed by atoms with Crippen LogP contribution < -0.4 is 10.2 Å². The topological polar surface area (TPSA) is 37.4 Å². The van der Waals surface area contributed by atoms with Crippen molar-refractivity contribution < 1.29 is 4.74 Å². The minimum absolute atomic E-state index is 0.267. The Balaban J connectivity index is 2.66. The highest BCUT2D eigenvalue weighted by molar-refractivity contribution is 9.10. The summed E-state index contributed by atoms with van der Waals surface area (Å²) in [5.41, 5.74) is 1.21. The van der Waals surface area contributed by atoms with Crippen molar-refractivity contribution in [1.29, 1.82) is 0 Å². The van der Waals surface area contributed by atoms with Gasteiger partial charge in [-0.2, -0.15) is 0 Å². The highest BCUT2D eigenvalue weighted by atomic mass is 79.9. The minimum Gasteiger partial charge on any atom is -0.377 e. The number of aromatic nitrogens is 1. The summed E-state index contributed by atoms with van der Waals surface area (Å²) < 4.78 is 6.63.